The number of carbonyl (C=O) groups excluding carboxylic acids is 1. The molecule has 6 nitrogen and oxygen atoms in total. The quantitative estimate of drug-likeness (QED) is 0.527. The first-order valence-corrected chi connectivity index (χ1v) is 6.53. The number of hydrazone groups is 1. The molecule has 2 rings (SSSR count). The van der Waals surface area contributed by atoms with E-state index in [4.69, 9.17) is 0 Å². The van der Waals surface area contributed by atoms with E-state index in [1.807, 2.05) is 5.43 Å². The highest BCUT2D eigenvalue weighted by molar-refractivity contribution is 5.95. The third-order valence-corrected chi connectivity index (χ3v) is 2.96. The molecule has 0 fully saturated rings. The van der Waals surface area contributed by atoms with Crippen molar-refractivity contribution in [2.45, 2.75) is 6.18 Å². The molecule has 0 saturated carbocycles. The summed E-state index contributed by atoms with van der Waals surface area (Å²) in [5.41, 5.74) is 0.604. The van der Waals surface area contributed by atoms with Gasteiger partial charge in [0.1, 0.15) is 0 Å². The van der Waals surface area contributed by atoms with Gasteiger partial charge in [0.2, 0.25) is 0 Å². The van der Waals surface area contributed by atoms with Gasteiger partial charge < -0.3 is 0 Å². The van der Waals surface area contributed by atoms with E-state index in [0.717, 1.165) is 18.3 Å². The molecule has 2 aromatic rings. The van der Waals surface area contributed by atoms with Crippen LogP contribution in [0.2, 0.25) is 0 Å². The fraction of sp³-hybridized carbons (Fsp3) is 0.0667. The second-order valence-electron chi connectivity index (χ2n) is 4.59. The maximum Gasteiger partial charge on any atom is 0.417 e. The number of hydrogen-bond donors (Lipinski definition) is 1. The fourth-order valence-corrected chi connectivity index (χ4v) is 1.85. The summed E-state index contributed by atoms with van der Waals surface area (Å²) in [7, 11) is 0. The van der Waals surface area contributed by atoms with Gasteiger partial charge in [-0.05, 0) is 12.1 Å². The van der Waals surface area contributed by atoms with Crippen LogP contribution in [0.15, 0.2) is 53.6 Å². The van der Waals surface area contributed by atoms with Gasteiger partial charge in [-0.1, -0.05) is 24.3 Å². The maximum atomic E-state index is 12.8. The Morgan fingerprint density at radius 2 is 1.88 bits per heavy atom. The van der Waals surface area contributed by atoms with Gasteiger partial charge in [0.25, 0.3) is 11.6 Å². The summed E-state index contributed by atoms with van der Waals surface area (Å²) in [6.45, 7) is 0. The van der Waals surface area contributed by atoms with Crippen molar-refractivity contribution >= 4 is 17.8 Å². The van der Waals surface area contributed by atoms with E-state index in [2.05, 4.69) is 5.10 Å². The van der Waals surface area contributed by atoms with Gasteiger partial charge in [0, 0.05) is 23.3 Å². The molecule has 0 spiro atoms. The number of nitro benzene ring substituents is 1. The standard InChI is InChI=1S/C15H10F3N3O3/c16-15(17,18)13-7-2-1-4-11(13)9-19-20-14(22)10-5-3-6-12(8-10)21(23)24/h1-9H,(H,20,22). The lowest BCUT2D eigenvalue weighted by Gasteiger charge is -2.09. The van der Waals surface area contributed by atoms with Crippen molar-refractivity contribution in [3.8, 4) is 0 Å². The smallest absolute Gasteiger partial charge is 0.267 e. The number of non-ortho nitro benzene ring substituents is 1. The Labute approximate surface area is 133 Å². The normalized spacial score (nSPS) is 11.5. The number of nitrogens with zero attached hydrogens (tertiary/aromatic N) is 2. The monoisotopic (exact) mass is 337 g/mol. The van der Waals surface area contributed by atoms with Gasteiger partial charge in [-0.25, -0.2) is 5.43 Å². The van der Waals surface area contributed by atoms with Crippen molar-refractivity contribution in [2.75, 3.05) is 0 Å². The van der Waals surface area contributed by atoms with Crippen LogP contribution in [0.4, 0.5) is 18.9 Å². The molecule has 124 valence electrons. The first-order chi connectivity index (χ1) is 11.3. The van der Waals surface area contributed by atoms with E-state index < -0.39 is 22.6 Å². The summed E-state index contributed by atoms with van der Waals surface area (Å²) in [6, 6.07) is 9.61. The van der Waals surface area contributed by atoms with Crippen LogP contribution in [0.3, 0.4) is 0 Å². The number of rotatable bonds is 4. The molecule has 0 aliphatic rings. The Bertz CT molecular complexity index is 804. The largest absolute Gasteiger partial charge is 0.417 e. The Kier molecular flexibility index (Phi) is 4.93. The third kappa shape index (κ3) is 4.15. The number of nitro groups is 1. The number of nitrogens with one attached hydrogen (secondary N) is 1. The number of carbonyl (C=O) groups is 1. The fourth-order valence-electron chi connectivity index (χ4n) is 1.85. The average molecular weight is 337 g/mol. The van der Waals surface area contributed by atoms with Crippen LogP contribution in [-0.4, -0.2) is 17.0 Å². The summed E-state index contributed by atoms with van der Waals surface area (Å²) < 4.78 is 38.4. The topological polar surface area (TPSA) is 84.6 Å². The van der Waals surface area contributed by atoms with Crippen molar-refractivity contribution in [1.82, 2.24) is 5.43 Å². The maximum absolute atomic E-state index is 12.8. The minimum absolute atomic E-state index is 0.0366. The second kappa shape index (κ2) is 6.90. The van der Waals surface area contributed by atoms with Crippen LogP contribution in [0.5, 0.6) is 0 Å². The van der Waals surface area contributed by atoms with Crippen LogP contribution in [-0.2, 0) is 6.18 Å². The third-order valence-electron chi connectivity index (χ3n) is 2.96. The molecule has 0 radical (unpaired) electrons. The van der Waals surface area contributed by atoms with Gasteiger partial charge in [-0.2, -0.15) is 18.3 Å². The molecule has 0 aromatic heterocycles. The van der Waals surface area contributed by atoms with E-state index in [1.165, 1.54) is 36.4 Å². The first-order valence-electron chi connectivity index (χ1n) is 6.53. The zero-order valence-electron chi connectivity index (χ0n) is 11.9. The van der Waals surface area contributed by atoms with Gasteiger partial charge in [0.15, 0.2) is 0 Å². The molecule has 0 aliphatic carbocycles. The molecule has 0 heterocycles. The van der Waals surface area contributed by atoms with Crippen LogP contribution in [0.25, 0.3) is 0 Å². The van der Waals surface area contributed by atoms with Crippen LogP contribution >= 0.6 is 0 Å². The lowest BCUT2D eigenvalue weighted by Crippen LogP contribution is -2.18. The van der Waals surface area contributed by atoms with E-state index in [9.17, 15) is 28.1 Å². The number of hydrogen-bond acceptors (Lipinski definition) is 4. The molecule has 9 heteroatoms. The number of halogens is 3. The number of amides is 1. The van der Waals surface area contributed by atoms with Crippen molar-refractivity contribution < 1.29 is 22.9 Å². The molecule has 0 aliphatic heterocycles. The molecule has 1 N–H and O–H groups in total. The molecule has 2 aromatic carbocycles. The van der Waals surface area contributed by atoms with Gasteiger partial charge in [-0.3, -0.25) is 14.9 Å². The number of benzene rings is 2. The molecule has 1 amide bonds. The van der Waals surface area contributed by atoms with E-state index in [-0.39, 0.29) is 16.8 Å². The molecule has 0 atom stereocenters. The summed E-state index contributed by atoms with van der Waals surface area (Å²) in [5.74, 6) is -0.778. The highest BCUT2D eigenvalue weighted by Crippen LogP contribution is 2.31. The molecule has 0 saturated heterocycles. The highest BCUT2D eigenvalue weighted by Gasteiger charge is 2.32. The van der Waals surface area contributed by atoms with Gasteiger partial charge >= 0.3 is 6.18 Å². The Morgan fingerprint density at radius 3 is 2.54 bits per heavy atom. The van der Waals surface area contributed by atoms with Crippen molar-refractivity contribution in [1.29, 1.82) is 0 Å². The summed E-state index contributed by atoms with van der Waals surface area (Å²) in [6.07, 6.45) is -3.69. The van der Waals surface area contributed by atoms with Crippen molar-refractivity contribution in [2.24, 2.45) is 5.10 Å². The zero-order valence-corrected chi connectivity index (χ0v) is 11.9. The minimum Gasteiger partial charge on any atom is -0.267 e. The minimum atomic E-state index is -4.55. The average Bonchev–Trinajstić information content (AvgIpc) is 2.54. The van der Waals surface area contributed by atoms with Crippen molar-refractivity contribution in [3.05, 3.63) is 75.3 Å². The van der Waals surface area contributed by atoms with Crippen molar-refractivity contribution in [3.63, 3.8) is 0 Å². The lowest BCUT2D eigenvalue weighted by molar-refractivity contribution is -0.384. The summed E-state index contributed by atoms with van der Waals surface area (Å²) in [5, 5.41) is 14.1. The van der Waals surface area contributed by atoms with Crippen LogP contribution < -0.4 is 5.43 Å². The SMILES string of the molecule is O=C(NN=Cc1ccccc1C(F)(F)F)c1cccc([N+](=O)[O-])c1. The van der Waals surface area contributed by atoms with Gasteiger partial charge in [0.05, 0.1) is 16.7 Å². The molecule has 0 unspecified atom stereocenters. The molecular formula is C15H10F3N3O3. The van der Waals surface area contributed by atoms with E-state index in [1.54, 1.807) is 0 Å². The van der Waals surface area contributed by atoms with E-state index >= 15 is 0 Å². The predicted molar refractivity (Wildman–Crippen MR) is 79.6 cm³/mol. The van der Waals surface area contributed by atoms with Gasteiger partial charge in [-0.15, -0.1) is 0 Å². The second-order valence-corrected chi connectivity index (χ2v) is 4.59. The van der Waals surface area contributed by atoms with Crippen LogP contribution in [0, 0.1) is 10.1 Å². The lowest BCUT2D eigenvalue weighted by atomic mass is 10.1. The Hall–Kier alpha value is -3.23. The highest BCUT2D eigenvalue weighted by atomic mass is 19.4. The zero-order chi connectivity index (χ0) is 17.7. The Balaban J connectivity index is 2.14. The summed E-state index contributed by atoms with van der Waals surface area (Å²) in [4.78, 5) is 21.8. The first kappa shape index (κ1) is 17.1. The number of alkyl halides is 3. The van der Waals surface area contributed by atoms with E-state index in [0.29, 0.717) is 0 Å². The Morgan fingerprint density at radius 1 is 1.17 bits per heavy atom. The molecule has 24 heavy (non-hydrogen) atoms. The van der Waals surface area contributed by atoms with Crippen LogP contribution in [0.1, 0.15) is 21.5 Å². The summed E-state index contributed by atoms with van der Waals surface area (Å²) >= 11 is 0. The molecule has 0 bridgehead atoms. The molecular weight excluding hydrogens is 327 g/mol. The predicted octanol–water partition coefficient (Wildman–Crippen LogP) is 3.38.